The van der Waals surface area contributed by atoms with Crippen molar-refractivity contribution in [3.05, 3.63) is 70.4 Å². The minimum atomic E-state index is -0.471. The predicted octanol–water partition coefficient (Wildman–Crippen LogP) is 5.06. The summed E-state index contributed by atoms with van der Waals surface area (Å²) >= 11 is 6.32. The van der Waals surface area contributed by atoms with Gasteiger partial charge in [0.25, 0.3) is 5.91 Å². The number of benzene rings is 1. The van der Waals surface area contributed by atoms with Crippen LogP contribution in [0.25, 0.3) is 5.65 Å². The molecule has 1 aliphatic rings. The number of amides is 1. The SMILES string of the molecule is O=C(NCCC1CCCCC1)c1ccc(C(=O)c2cnc3ccc(F)cn23)c(Cl)c1. The van der Waals surface area contributed by atoms with Gasteiger partial charge in [-0.15, -0.1) is 0 Å². The van der Waals surface area contributed by atoms with Crippen molar-refractivity contribution in [3.63, 3.8) is 0 Å². The van der Waals surface area contributed by atoms with E-state index in [9.17, 15) is 14.0 Å². The Bertz CT molecular complexity index is 1090. The average Bonchev–Trinajstić information content (AvgIpc) is 3.17. The summed E-state index contributed by atoms with van der Waals surface area (Å²) in [5.74, 6) is -0.371. The first-order chi connectivity index (χ1) is 14.5. The van der Waals surface area contributed by atoms with E-state index in [2.05, 4.69) is 10.3 Å². The first-order valence-corrected chi connectivity index (χ1v) is 10.7. The number of nitrogens with one attached hydrogen (secondary N) is 1. The fourth-order valence-electron chi connectivity index (χ4n) is 4.07. The lowest BCUT2D eigenvalue weighted by Gasteiger charge is -2.21. The molecule has 0 saturated heterocycles. The molecule has 7 heteroatoms. The van der Waals surface area contributed by atoms with Crippen molar-refractivity contribution >= 4 is 28.9 Å². The van der Waals surface area contributed by atoms with Gasteiger partial charge in [0.15, 0.2) is 0 Å². The van der Waals surface area contributed by atoms with Crippen LogP contribution in [-0.4, -0.2) is 27.6 Å². The van der Waals surface area contributed by atoms with Crippen LogP contribution in [0.4, 0.5) is 4.39 Å². The molecule has 5 nitrogen and oxygen atoms in total. The van der Waals surface area contributed by atoms with Crippen LogP contribution < -0.4 is 5.32 Å². The zero-order chi connectivity index (χ0) is 21.1. The Kier molecular flexibility index (Phi) is 6.13. The molecule has 1 aliphatic carbocycles. The van der Waals surface area contributed by atoms with Crippen LogP contribution in [0.3, 0.4) is 0 Å². The van der Waals surface area contributed by atoms with Gasteiger partial charge in [-0.3, -0.25) is 14.0 Å². The van der Waals surface area contributed by atoms with Crippen molar-refractivity contribution < 1.29 is 14.0 Å². The molecule has 4 rings (SSSR count). The number of carbonyl (C=O) groups is 2. The number of ketones is 1. The maximum Gasteiger partial charge on any atom is 0.251 e. The number of hydrogen-bond donors (Lipinski definition) is 1. The number of pyridine rings is 1. The monoisotopic (exact) mass is 427 g/mol. The van der Waals surface area contributed by atoms with Crippen LogP contribution in [0.1, 0.15) is 64.9 Å². The van der Waals surface area contributed by atoms with E-state index in [4.69, 9.17) is 11.6 Å². The van der Waals surface area contributed by atoms with Crippen LogP contribution in [0, 0.1) is 11.7 Å². The van der Waals surface area contributed by atoms with Gasteiger partial charge in [-0.25, -0.2) is 9.37 Å². The number of aromatic nitrogens is 2. The summed E-state index contributed by atoms with van der Waals surface area (Å²) in [4.78, 5) is 29.5. The highest BCUT2D eigenvalue weighted by atomic mass is 35.5. The Labute approximate surface area is 179 Å². The highest BCUT2D eigenvalue weighted by molar-refractivity contribution is 6.35. The van der Waals surface area contributed by atoms with Crippen molar-refractivity contribution in [2.45, 2.75) is 38.5 Å². The maximum atomic E-state index is 13.6. The van der Waals surface area contributed by atoms with Gasteiger partial charge in [-0.2, -0.15) is 0 Å². The van der Waals surface area contributed by atoms with E-state index >= 15 is 0 Å². The second-order valence-electron chi connectivity index (χ2n) is 7.79. The molecule has 30 heavy (non-hydrogen) atoms. The zero-order valence-corrected chi connectivity index (χ0v) is 17.3. The Balaban J connectivity index is 1.45. The quantitative estimate of drug-likeness (QED) is 0.559. The summed E-state index contributed by atoms with van der Waals surface area (Å²) in [6.07, 6.45) is 9.94. The first kappa shape index (κ1) is 20.5. The number of hydrogen-bond acceptors (Lipinski definition) is 3. The van der Waals surface area contributed by atoms with Crippen molar-refractivity contribution in [2.24, 2.45) is 5.92 Å². The molecule has 2 aromatic heterocycles. The molecule has 2 heterocycles. The molecule has 1 saturated carbocycles. The van der Waals surface area contributed by atoms with Gasteiger partial charge in [0.1, 0.15) is 17.2 Å². The highest BCUT2D eigenvalue weighted by Crippen LogP contribution is 2.26. The molecular weight excluding hydrogens is 405 g/mol. The largest absolute Gasteiger partial charge is 0.352 e. The van der Waals surface area contributed by atoms with Gasteiger partial charge < -0.3 is 5.32 Å². The zero-order valence-electron chi connectivity index (χ0n) is 16.5. The van der Waals surface area contributed by atoms with Gasteiger partial charge >= 0.3 is 0 Å². The molecule has 0 unspecified atom stereocenters. The van der Waals surface area contributed by atoms with Crippen molar-refractivity contribution in [2.75, 3.05) is 6.54 Å². The van der Waals surface area contributed by atoms with E-state index in [1.165, 1.54) is 73.2 Å². The molecule has 0 aliphatic heterocycles. The summed E-state index contributed by atoms with van der Waals surface area (Å²) in [5.41, 5.74) is 1.31. The van der Waals surface area contributed by atoms with Gasteiger partial charge in [-0.05, 0) is 42.7 Å². The van der Waals surface area contributed by atoms with E-state index in [1.807, 2.05) is 0 Å². The number of rotatable bonds is 6. The summed E-state index contributed by atoms with van der Waals surface area (Å²) in [6, 6.07) is 7.38. The molecule has 156 valence electrons. The number of carbonyl (C=O) groups excluding carboxylic acids is 2. The van der Waals surface area contributed by atoms with Gasteiger partial charge in [0, 0.05) is 23.9 Å². The number of fused-ring (bicyclic) bond motifs is 1. The maximum absolute atomic E-state index is 13.6. The minimum Gasteiger partial charge on any atom is -0.352 e. The molecular formula is C23H23ClFN3O2. The third-order valence-corrected chi connectivity index (χ3v) is 6.05. The van der Waals surface area contributed by atoms with Gasteiger partial charge in [0.2, 0.25) is 5.78 Å². The lowest BCUT2D eigenvalue weighted by Crippen LogP contribution is -2.26. The normalized spacial score (nSPS) is 14.7. The molecule has 1 fully saturated rings. The van der Waals surface area contributed by atoms with Crippen molar-refractivity contribution in [1.29, 1.82) is 0 Å². The molecule has 3 aromatic rings. The van der Waals surface area contributed by atoms with E-state index in [1.54, 1.807) is 6.07 Å². The van der Waals surface area contributed by atoms with Crippen LogP contribution in [0.15, 0.2) is 42.7 Å². The second kappa shape index (κ2) is 8.96. The van der Waals surface area contributed by atoms with Gasteiger partial charge in [0.05, 0.1) is 11.2 Å². The Morgan fingerprint density at radius 1 is 1.17 bits per heavy atom. The lowest BCUT2D eigenvalue weighted by molar-refractivity contribution is 0.0948. The minimum absolute atomic E-state index is 0.172. The van der Waals surface area contributed by atoms with E-state index in [0.29, 0.717) is 23.7 Å². The summed E-state index contributed by atoms with van der Waals surface area (Å²) < 4.78 is 15.0. The first-order valence-electron chi connectivity index (χ1n) is 10.3. The average molecular weight is 428 g/mol. The van der Waals surface area contributed by atoms with Crippen LogP contribution in [0.5, 0.6) is 0 Å². The summed E-state index contributed by atoms with van der Waals surface area (Å²) in [6.45, 7) is 0.634. The third-order valence-electron chi connectivity index (χ3n) is 5.74. The topological polar surface area (TPSA) is 63.5 Å². The molecule has 1 amide bonds. The van der Waals surface area contributed by atoms with E-state index in [-0.39, 0.29) is 28.0 Å². The molecule has 1 N–H and O–H groups in total. The number of nitrogens with zero attached hydrogens (tertiary/aromatic N) is 2. The summed E-state index contributed by atoms with van der Waals surface area (Å²) in [7, 11) is 0. The van der Waals surface area contributed by atoms with Crippen LogP contribution in [0.2, 0.25) is 5.02 Å². The molecule has 0 bridgehead atoms. The molecule has 0 atom stereocenters. The third kappa shape index (κ3) is 4.38. The fraction of sp³-hybridized carbons (Fsp3) is 0.348. The van der Waals surface area contributed by atoms with Crippen molar-refractivity contribution in [1.82, 2.24) is 14.7 Å². The molecule has 1 aromatic carbocycles. The van der Waals surface area contributed by atoms with Crippen molar-refractivity contribution in [3.8, 4) is 0 Å². The Hall–Kier alpha value is -2.73. The van der Waals surface area contributed by atoms with E-state index in [0.717, 1.165) is 6.42 Å². The van der Waals surface area contributed by atoms with Crippen LogP contribution in [-0.2, 0) is 0 Å². The lowest BCUT2D eigenvalue weighted by atomic mass is 9.87. The molecule has 0 radical (unpaired) electrons. The van der Waals surface area contributed by atoms with Gasteiger partial charge in [-0.1, -0.05) is 43.7 Å². The standard InChI is InChI=1S/C23H23ClFN3O2/c24-19-12-16(23(30)26-11-10-15-4-2-1-3-5-15)6-8-18(19)22(29)20-13-27-21-9-7-17(25)14-28(20)21/h6-9,12-15H,1-5,10-11H2,(H,26,30). The smallest absolute Gasteiger partial charge is 0.251 e. The molecule has 0 spiro atoms. The Morgan fingerprint density at radius 3 is 2.73 bits per heavy atom. The van der Waals surface area contributed by atoms with E-state index < -0.39 is 5.82 Å². The second-order valence-corrected chi connectivity index (χ2v) is 8.20. The Morgan fingerprint density at radius 2 is 1.97 bits per heavy atom. The summed E-state index contributed by atoms with van der Waals surface area (Å²) in [5, 5.41) is 3.11. The predicted molar refractivity (Wildman–Crippen MR) is 114 cm³/mol. The number of halogens is 2. The van der Waals surface area contributed by atoms with Crippen LogP contribution >= 0.6 is 11.6 Å². The highest BCUT2D eigenvalue weighted by Gasteiger charge is 2.19. The number of imidazole rings is 1. The fourth-order valence-corrected chi connectivity index (χ4v) is 4.34.